The molecule has 0 aliphatic heterocycles. The lowest BCUT2D eigenvalue weighted by Crippen LogP contribution is -2.16. The van der Waals surface area contributed by atoms with Gasteiger partial charge in [-0.2, -0.15) is 0 Å². The lowest BCUT2D eigenvalue weighted by atomic mass is 10.2. The number of rotatable bonds is 4. The van der Waals surface area contributed by atoms with Crippen LogP contribution in [0.25, 0.3) is 0 Å². The molecule has 2 aliphatic carbocycles. The van der Waals surface area contributed by atoms with Gasteiger partial charge in [0.05, 0.1) is 0 Å². The van der Waals surface area contributed by atoms with Crippen LogP contribution < -0.4 is 10.6 Å². The van der Waals surface area contributed by atoms with Crippen LogP contribution in [0.3, 0.4) is 0 Å². The van der Waals surface area contributed by atoms with Gasteiger partial charge >= 0.3 is 0 Å². The van der Waals surface area contributed by atoms with Crippen molar-refractivity contribution >= 4 is 11.6 Å². The van der Waals surface area contributed by atoms with Crippen molar-refractivity contribution < 1.29 is 0 Å². The van der Waals surface area contributed by atoms with E-state index in [0.29, 0.717) is 12.1 Å². The van der Waals surface area contributed by atoms with Crippen LogP contribution in [0.5, 0.6) is 0 Å². The molecule has 2 aliphatic rings. The molecule has 0 spiro atoms. The molecule has 0 saturated heterocycles. The highest BCUT2D eigenvalue weighted by atomic mass is 15.1. The summed E-state index contributed by atoms with van der Waals surface area (Å²) in [5, 5.41) is 6.96. The maximum atomic E-state index is 4.46. The van der Waals surface area contributed by atoms with Crippen molar-refractivity contribution in [3.63, 3.8) is 0 Å². The molecule has 4 nitrogen and oxygen atoms in total. The topological polar surface area (TPSA) is 49.8 Å². The summed E-state index contributed by atoms with van der Waals surface area (Å²) in [6, 6.07) is 3.30. The van der Waals surface area contributed by atoms with Crippen molar-refractivity contribution in [2.75, 3.05) is 10.6 Å². The molecule has 4 heteroatoms. The molecular weight excluding hydrogens is 212 g/mol. The monoisotopic (exact) mass is 232 g/mol. The molecule has 0 aromatic carbocycles. The molecule has 2 N–H and O–H groups in total. The van der Waals surface area contributed by atoms with Crippen molar-refractivity contribution in [2.24, 2.45) is 0 Å². The molecule has 2 saturated carbocycles. The maximum Gasteiger partial charge on any atom is 0.132 e. The van der Waals surface area contributed by atoms with Gasteiger partial charge < -0.3 is 10.6 Å². The first-order valence-corrected chi connectivity index (χ1v) is 6.68. The van der Waals surface area contributed by atoms with Gasteiger partial charge in [-0.05, 0) is 32.6 Å². The smallest absolute Gasteiger partial charge is 0.132 e. The third-order valence-corrected chi connectivity index (χ3v) is 3.47. The number of nitrogens with one attached hydrogen (secondary N) is 2. The molecule has 0 amide bonds. The lowest BCUT2D eigenvalue weighted by molar-refractivity contribution is 0.748. The first-order valence-electron chi connectivity index (χ1n) is 6.68. The molecular formula is C13H20N4. The molecule has 92 valence electrons. The predicted molar refractivity (Wildman–Crippen MR) is 69.3 cm³/mol. The van der Waals surface area contributed by atoms with Crippen LogP contribution >= 0.6 is 0 Å². The molecule has 0 radical (unpaired) electrons. The Morgan fingerprint density at radius 3 is 2.00 bits per heavy atom. The van der Waals surface area contributed by atoms with Crippen LogP contribution in [0.1, 0.15) is 44.3 Å². The Morgan fingerprint density at radius 2 is 1.47 bits per heavy atom. The number of aromatic nitrogens is 2. The van der Waals surface area contributed by atoms with E-state index in [1.807, 2.05) is 13.0 Å². The summed E-state index contributed by atoms with van der Waals surface area (Å²) in [7, 11) is 0. The van der Waals surface area contributed by atoms with Crippen molar-refractivity contribution in [3.05, 3.63) is 11.9 Å². The summed E-state index contributed by atoms with van der Waals surface area (Å²) >= 11 is 0. The maximum absolute atomic E-state index is 4.46. The minimum atomic E-state index is 0.609. The van der Waals surface area contributed by atoms with Crippen LogP contribution in [-0.4, -0.2) is 22.1 Å². The van der Waals surface area contributed by atoms with Crippen molar-refractivity contribution in [1.82, 2.24) is 9.97 Å². The van der Waals surface area contributed by atoms with E-state index in [1.165, 1.54) is 38.5 Å². The Balaban J connectivity index is 1.70. The minimum Gasteiger partial charge on any atom is -0.367 e. The van der Waals surface area contributed by atoms with Crippen LogP contribution in [0.15, 0.2) is 6.07 Å². The second-order valence-corrected chi connectivity index (χ2v) is 5.23. The van der Waals surface area contributed by atoms with Gasteiger partial charge in [0.15, 0.2) is 0 Å². The van der Waals surface area contributed by atoms with E-state index in [1.54, 1.807) is 0 Å². The molecule has 1 heterocycles. The average molecular weight is 232 g/mol. The number of hydrogen-bond donors (Lipinski definition) is 2. The zero-order valence-corrected chi connectivity index (χ0v) is 10.4. The quantitative estimate of drug-likeness (QED) is 0.838. The third kappa shape index (κ3) is 2.87. The largest absolute Gasteiger partial charge is 0.367 e. The Hall–Kier alpha value is -1.32. The van der Waals surface area contributed by atoms with Crippen LogP contribution in [0, 0.1) is 6.92 Å². The van der Waals surface area contributed by atoms with E-state index in [0.717, 1.165) is 17.5 Å². The standard InChI is InChI=1S/C13H20N4/c1-9-14-12(16-10-4-2-3-5-10)8-13(15-9)17-11-6-7-11/h8,10-11H,2-7H2,1H3,(H2,14,15,16,17). The number of hydrogen-bond acceptors (Lipinski definition) is 4. The Morgan fingerprint density at radius 1 is 0.941 bits per heavy atom. The van der Waals surface area contributed by atoms with Gasteiger partial charge in [0, 0.05) is 18.2 Å². The fourth-order valence-electron chi connectivity index (χ4n) is 2.43. The van der Waals surface area contributed by atoms with Crippen molar-refractivity contribution in [1.29, 1.82) is 0 Å². The number of nitrogens with zero attached hydrogens (tertiary/aromatic N) is 2. The van der Waals surface area contributed by atoms with E-state index in [-0.39, 0.29) is 0 Å². The predicted octanol–water partition coefficient (Wildman–Crippen LogP) is 2.71. The SMILES string of the molecule is Cc1nc(NC2CCCC2)cc(NC2CC2)n1. The second-order valence-electron chi connectivity index (χ2n) is 5.23. The molecule has 2 fully saturated rings. The van der Waals surface area contributed by atoms with Gasteiger partial charge in [0.2, 0.25) is 0 Å². The van der Waals surface area contributed by atoms with Gasteiger partial charge in [-0.25, -0.2) is 9.97 Å². The van der Waals surface area contributed by atoms with Crippen LogP contribution in [-0.2, 0) is 0 Å². The summed E-state index contributed by atoms with van der Waals surface area (Å²) < 4.78 is 0. The van der Waals surface area contributed by atoms with Gasteiger partial charge in [-0.1, -0.05) is 12.8 Å². The van der Waals surface area contributed by atoms with Crippen molar-refractivity contribution in [3.8, 4) is 0 Å². The lowest BCUT2D eigenvalue weighted by Gasteiger charge is -2.14. The zero-order valence-electron chi connectivity index (χ0n) is 10.4. The molecule has 3 rings (SSSR count). The van der Waals surface area contributed by atoms with E-state index in [4.69, 9.17) is 0 Å². The highest BCUT2D eigenvalue weighted by molar-refractivity contribution is 5.49. The Labute approximate surface area is 102 Å². The summed E-state index contributed by atoms with van der Waals surface area (Å²) in [5.41, 5.74) is 0. The molecule has 0 unspecified atom stereocenters. The first-order chi connectivity index (χ1) is 8.29. The van der Waals surface area contributed by atoms with Gasteiger partial charge in [-0.15, -0.1) is 0 Å². The van der Waals surface area contributed by atoms with Gasteiger partial charge in [0.25, 0.3) is 0 Å². The van der Waals surface area contributed by atoms with E-state index in [9.17, 15) is 0 Å². The number of aryl methyl sites for hydroxylation is 1. The fraction of sp³-hybridized carbons (Fsp3) is 0.692. The normalized spacial score (nSPS) is 20.5. The van der Waals surface area contributed by atoms with E-state index >= 15 is 0 Å². The van der Waals surface area contributed by atoms with Crippen molar-refractivity contribution in [2.45, 2.75) is 57.5 Å². The molecule has 0 bridgehead atoms. The van der Waals surface area contributed by atoms with E-state index in [2.05, 4.69) is 20.6 Å². The third-order valence-electron chi connectivity index (χ3n) is 3.47. The van der Waals surface area contributed by atoms with Crippen LogP contribution in [0.4, 0.5) is 11.6 Å². The zero-order chi connectivity index (χ0) is 11.7. The Bertz CT molecular complexity index is 394. The molecule has 17 heavy (non-hydrogen) atoms. The minimum absolute atomic E-state index is 0.609. The highest BCUT2D eigenvalue weighted by Gasteiger charge is 2.22. The summed E-state index contributed by atoms with van der Waals surface area (Å²) in [6.45, 7) is 1.96. The number of anilines is 2. The van der Waals surface area contributed by atoms with Gasteiger partial charge in [-0.3, -0.25) is 0 Å². The summed E-state index contributed by atoms with van der Waals surface area (Å²) in [5.74, 6) is 2.80. The van der Waals surface area contributed by atoms with Gasteiger partial charge in [0.1, 0.15) is 17.5 Å². The summed E-state index contributed by atoms with van der Waals surface area (Å²) in [4.78, 5) is 8.89. The summed E-state index contributed by atoms with van der Waals surface area (Å²) in [6.07, 6.45) is 7.77. The average Bonchev–Trinajstić information content (AvgIpc) is 2.92. The molecule has 1 aromatic heterocycles. The van der Waals surface area contributed by atoms with Crippen LogP contribution in [0.2, 0.25) is 0 Å². The van der Waals surface area contributed by atoms with E-state index < -0.39 is 0 Å². The second kappa shape index (κ2) is 4.51. The molecule has 0 atom stereocenters. The molecule has 1 aromatic rings. The Kier molecular flexibility index (Phi) is 2.87. The first kappa shape index (κ1) is 10.8. The highest BCUT2D eigenvalue weighted by Crippen LogP contribution is 2.26. The fourth-order valence-corrected chi connectivity index (χ4v) is 2.43.